The van der Waals surface area contributed by atoms with Crippen molar-refractivity contribution in [1.82, 2.24) is 4.90 Å². The van der Waals surface area contributed by atoms with Gasteiger partial charge in [-0.05, 0) is 31.7 Å². The predicted molar refractivity (Wildman–Crippen MR) is 43.0 cm³/mol. The highest BCUT2D eigenvalue weighted by Crippen LogP contribution is 2.46. The summed E-state index contributed by atoms with van der Waals surface area (Å²) in [5, 5.41) is 0. The zero-order chi connectivity index (χ0) is 7.19. The van der Waals surface area contributed by atoms with E-state index in [4.69, 9.17) is 0 Å². The summed E-state index contributed by atoms with van der Waals surface area (Å²) < 4.78 is 0. The van der Waals surface area contributed by atoms with Gasteiger partial charge in [0.25, 0.3) is 0 Å². The van der Waals surface area contributed by atoms with Crippen molar-refractivity contribution >= 4 is 0 Å². The largest absolute Gasteiger partial charge is 0.297 e. The lowest BCUT2D eigenvalue weighted by molar-refractivity contribution is -0.00144. The molecule has 0 bridgehead atoms. The lowest BCUT2D eigenvalue weighted by Gasteiger charge is -2.50. The van der Waals surface area contributed by atoms with Gasteiger partial charge in [-0.2, -0.15) is 0 Å². The Morgan fingerprint density at radius 2 is 2.30 bits per heavy atom. The Bertz CT molecular complexity index is 132. The van der Waals surface area contributed by atoms with Gasteiger partial charge < -0.3 is 0 Å². The lowest BCUT2D eigenvalue weighted by atomic mass is 9.76. The third-order valence-electron chi connectivity index (χ3n) is 3.81. The zero-order valence-corrected chi connectivity index (χ0v) is 7.06. The minimum Gasteiger partial charge on any atom is -0.297 e. The Hall–Kier alpha value is -0.0400. The molecule has 0 radical (unpaired) electrons. The van der Waals surface area contributed by atoms with Crippen molar-refractivity contribution in [3.63, 3.8) is 0 Å². The van der Waals surface area contributed by atoms with Crippen LogP contribution in [0.5, 0.6) is 0 Å². The molecule has 0 aliphatic carbocycles. The molecule has 0 aromatic rings. The molecule has 0 amide bonds. The third kappa shape index (κ3) is 0.572. The van der Waals surface area contributed by atoms with Gasteiger partial charge in [-0.1, -0.05) is 13.8 Å². The van der Waals surface area contributed by atoms with Crippen molar-refractivity contribution in [2.45, 2.75) is 38.6 Å². The minimum atomic E-state index is 0.667. The number of hydrogen-bond acceptors (Lipinski definition) is 1. The van der Waals surface area contributed by atoms with E-state index in [1.807, 2.05) is 0 Å². The molecule has 0 aromatic heterocycles. The summed E-state index contributed by atoms with van der Waals surface area (Å²) in [5.41, 5.74) is 0.667. The van der Waals surface area contributed by atoms with Gasteiger partial charge in [0.15, 0.2) is 0 Å². The van der Waals surface area contributed by atoms with Crippen LogP contribution in [-0.4, -0.2) is 23.5 Å². The van der Waals surface area contributed by atoms with Crippen molar-refractivity contribution < 1.29 is 0 Å². The first-order valence-electron chi connectivity index (χ1n) is 4.54. The van der Waals surface area contributed by atoms with Crippen molar-refractivity contribution in [3.05, 3.63) is 0 Å². The summed E-state index contributed by atoms with van der Waals surface area (Å²) in [6, 6.07) is 0. The fourth-order valence-corrected chi connectivity index (χ4v) is 2.82. The van der Waals surface area contributed by atoms with Crippen LogP contribution in [0.15, 0.2) is 0 Å². The molecule has 1 nitrogen and oxygen atoms in total. The smallest absolute Gasteiger partial charge is 0.0245 e. The van der Waals surface area contributed by atoms with Gasteiger partial charge >= 0.3 is 0 Å². The predicted octanol–water partition coefficient (Wildman–Crippen LogP) is 1.88. The molecule has 2 rings (SSSR count). The average molecular weight is 139 g/mol. The Morgan fingerprint density at radius 3 is 2.60 bits per heavy atom. The second-order valence-electron chi connectivity index (χ2n) is 3.88. The normalized spacial score (nSPS) is 46.8. The van der Waals surface area contributed by atoms with Crippen LogP contribution in [0.25, 0.3) is 0 Å². The zero-order valence-electron chi connectivity index (χ0n) is 7.06. The van der Waals surface area contributed by atoms with Crippen LogP contribution < -0.4 is 0 Å². The fourth-order valence-electron chi connectivity index (χ4n) is 2.82. The van der Waals surface area contributed by atoms with Crippen LogP contribution in [-0.2, 0) is 0 Å². The molecule has 2 atom stereocenters. The average Bonchev–Trinajstić information content (AvgIpc) is 2.06. The molecule has 1 heteroatoms. The highest BCUT2D eigenvalue weighted by Gasteiger charge is 2.50. The molecule has 2 heterocycles. The van der Waals surface area contributed by atoms with E-state index in [0.717, 1.165) is 5.92 Å². The first-order valence-corrected chi connectivity index (χ1v) is 4.54. The Kier molecular flexibility index (Phi) is 1.31. The fraction of sp³-hybridized carbons (Fsp3) is 1.00. The van der Waals surface area contributed by atoms with Crippen LogP contribution in [0, 0.1) is 5.92 Å². The van der Waals surface area contributed by atoms with Gasteiger partial charge in [-0.3, -0.25) is 4.90 Å². The molecule has 2 fully saturated rings. The van der Waals surface area contributed by atoms with Crippen LogP contribution >= 0.6 is 0 Å². The van der Waals surface area contributed by atoms with Crippen molar-refractivity contribution in [3.8, 4) is 0 Å². The van der Waals surface area contributed by atoms with Gasteiger partial charge in [0.2, 0.25) is 0 Å². The molecular formula is C9H17N. The molecule has 0 aromatic carbocycles. The minimum absolute atomic E-state index is 0.667. The van der Waals surface area contributed by atoms with Crippen LogP contribution in [0.3, 0.4) is 0 Å². The SMILES string of the molecule is CC[C@]12CCN1CC[C@@H]2C. The number of fused-ring (bicyclic) bond motifs is 1. The van der Waals surface area contributed by atoms with E-state index < -0.39 is 0 Å². The van der Waals surface area contributed by atoms with E-state index in [0.29, 0.717) is 5.54 Å². The summed E-state index contributed by atoms with van der Waals surface area (Å²) in [6.07, 6.45) is 4.27. The molecule has 0 unspecified atom stereocenters. The van der Waals surface area contributed by atoms with Crippen molar-refractivity contribution in [2.75, 3.05) is 13.1 Å². The molecule has 0 N–H and O–H groups in total. The molecule has 58 valence electrons. The summed E-state index contributed by atoms with van der Waals surface area (Å²) >= 11 is 0. The third-order valence-corrected chi connectivity index (χ3v) is 3.81. The van der Waals surface area contributed by atoms with Gasteiger partial charge in [-0.25, -0.2) is 0 Å². The van der Waals surface area contributed by atoms with Gasteiger partial charge in [0, 0.05) is 12.1 Å². The molecule has 0 saturated carbocycles. The number of nitrogens with zero attached hydrogens (tertiary/aromatic N) is 1. The van der Waals surface area contributed by atoms with E-state index in [-0.39, 0.29) is 0 Å². The van der Waals surface area contributed by atoms with Crippen LogP contribution in [0.2, 0.25) is 0 Å². The van der Waals surface area contributed by atoms with E-state index in [2.05, 4.69) is 18.7 Å². The highest BCUT2D eigenvalue weighted by atomic mass is 15.3. The van der Waals surface area contributed by atoms with Crippen LogP contribution in [0.1, 0.15) is 33.1 Å². The maximum Gasteiger partial charge on any atom is 0.0245 e. The molecule has 2 aliphatic heterocycles. The summed E-state index contributed by atoms with van der Waals surface area (Å²) in [7, 11) is 0. The van der Waals surface area contributed by atoms with Crippen molar-refractivity contribution in [1.29, 1.82) is 0 Å². The second-order valence-corrected chi connectivity index (χ2v) is 3.88. The van der Waals surface area contributed by atoms with Crippen LogP contribution in [0.4, 0.5) is 0 Å². The maximum absolute atomic E-state index is 2.68. The quantitative estimate of drug-likeness (QED) is 0.536. The van der Waals surface area contributed by atoms with Gasteiger partial charge in [-0.15, -0.1) is 0 Å². The topological polar surface area (TPSA) is 3.24 Å². The summed E-state index contributed by atoms with van der Waals surface area (Å²) in [4.78, 5) is 2.68. The number of rotatable bonds is 1. The second kappa shape index (κ2) is 1.97. The Morgan fingerprint density at radius 1 is 1.50 bits per heavy atom. The maximum atomic E-state index is 2.68. The van der Waals surface area contributed by atoms with E-state index in [1.54, 1.807) is 0 Å². The van der Waals surface area contributed by atoms with E-state index in [1.165, 1.54) is 32.4 Å². The highest BCUT2D eigenvalue weighted by molar-refractivity contribution is 5.06. The molecule has 0 spiro atoms. The first-order chi connectivity index (χ1) is 4.79. The summed E-state index contributed by atoms with van der Waals surface area (Å²) in [6.45, 7) is 7.50. The number of hydrogen-bond donors (Lipinski definition) is 0. The molecule has 10 heavy (non-hydrogen) atoms. The summed E-state index contributed by atoms with van der Waals surface area (Å²) in [5.74, 6) is 0.964. The Labute approximate surface area is 63.4 Å². The standard InChI is InChI=1S/C9H17N/c1-3-9-5-7-10(9)6-4-8(9)2/h8H,3-7H2,1-2H3/t8-,9+/m0/s1. The monoisotopic (exact) mass is 139 g/mol. The lowest BCUT2D eigenvalue weighted by Crippen LogP contribution is -2.57. The first kappa shape index (κ1) is 6.66. The molecular weight excluding hydrogens is 122 g/mol. The molecule has 2 aliphatic rings. The van der Waals surface area contributed by atoms with E-state index in [9.17, 15) is 0 Å². The Balaban J connectivity index is 2.17. The van der Waals surface area contributed by atoms with E-state index >= 15 is 0 Å². The van der Waals surface area contributed by atoms with Crippen molar-refractivity contribution in [2.24, 2.45) is 5.92 Å². The van der Waals surface area contributed by atoms with Gasteiger partial charge in [0.05, 0.1) is 0 Å². The van der Waals surface area contributed by atoms with Gasteiger partial charge in [0.1, 0.15) is 0 Å². The molecule has 2 saturated heterocycles.